The first kappa shape index (κ1) is 15.1. The Labute approximate surface area is 132 Å². The molecule has 2 aromatic rings. The highest BCUT2D eigenvalue weighted by atomic mass is 32.2. The molecule has 6 heteroatoms. The summed E-state index contributed by atoms with van der Waals surface area (Å²) in [6.07, 6.45) is 3.00. The molecule has 0 unspecified atom stereocenters. The fourth-order valence-electron chi connectivity index (χ4n) is 1.53. The smallest absolute Gasteiger partial charge is 0.145 e. The third-order valence-electron chi connectivity index (χ3n) is 2.58. The lowest BCUT2D eigenvalue weighted by molar-refractivity contribution is 1.11. The zero-order chi connectivity index (χ0) is 15.8. The van der Waals surface area contributed by atoms with Crippen molar-refractivity contribution in [1.29, 1.82) is 15.8 Å². The number of nitrogens with one attached hydrogen (secondary N) is 1. The zero-order valence-corrected chi connectivity index (χ0v) is 12.1. The van der Waals surface area contributed by atoms with Crippen molar-refractivity contribution in [1.82, 2.24) is 4.98 Å². The molecule has 0 saturated heterocycles. The predicted octanol–water partition coefficient (Wildman–Crippen LogP) is 3.45. The second kappa shape index (κ2) is 7.50. The Hall–Kier alpha value is -3.27. The molecule has 0 amide bonds. The van der Waals surface area contributed by atoms with Gasteiger partial charge in [0.1, 0.15) is 28.8 Å². The molecule has 104 valence electrons. The first-order valence-electron chi connectivity index (χ1n) is 6.16. The Balaban J connectivity index is 2.10. The van der Waals surface area contributed by atoms with E-state index in [-0.39, 0.29) is 5.57 Å². The van der Waals surface area contributed by atoms with Crippen LogP contribution in [0.1, 0.15) is 5.56 Å². The Morgan fingerprint density at radius 1 is 1.09 bits per heavy atom. The average molecular weight is 303 g/mol. The lowest BCUT2D eigenvalue weighted by atomic mass is 10.3. The molecular weight excluding hydrogens is 294 g/mol. The number of benzene rings is 1. The highest BCUT2D eigenvalue weighted by Gasteiger charge is 2.04. The molecule has 2 rings (SSSR count). The molecule has 5 nitrogen and oxygen atoms in total. The van der Waals surface area contributed by atoms with Crippen LogP contribution in [0.25, 0.3) is 0 Å². The van der Waals surface area contributed by atoms with Crippen LogP contribution in [-0.4, -0.2) is 4.98 Å². The van der Waals surface area contributed by atoms with Gasteiger partial charge in [-0.05, 0) is 36.4 Å². The van der Waals surface area contributed by atoms with E-state index >= 15 is 0 Å². The maximum atomic E-state index is 9.04. The van der Waals surface area contributed by atoms with Gasteiger partial charge in [-0.3, -0.25) is 0 Å². The largest absolute Gasteiger partial charge is 0.360 e. The van der Waals surface area contributed by atoms with Crippen LogP contribution in [-0.2, 0) is 0 Å². The molecule has 0 aliphatic carbocycles. The van der Waals surface area contributed by atoms with E-state index in [0.29, 0.717) is 10.6 Å². The van der Waals surface area contributed by atoms with Gasteiger partial charge in [0.25, 0.3) is 0 Å². The highest BCUT2D eigenvalue weighted by Crippen LogP contribution is 2.29. The maximum Gasteiger partial charge on any atom is 0.145 e. The van der Waals surface area contributed by atoms with Crippen LogP contribution in [0.2, 0.25) is 0 Å². The summed E-state index contributed by atoms with van der Waals surface area (Å²) in [5.74, 6) is 0. The van der Waals surface area contributed by atoms with Gasteiger partial charge in [0, 0.05) is 23.0 Å². The lowest BCUT2D eigenvalue weighted by Crippen LogP contribution is -1.90. The molecule has 0 atom stereocenters. The maximum absolute atomic E-state index is 9.04. The molecule has 1 aromatic carbocycles. The molecule has 0 radical (unpaired) electrons. The molecule has 0 fully saturated rings. The Morgan fingerprint density at radius 2 is 1.82 bits per heavy atom. The Kier molecular flexibility index (Phi) is 5.15. The fraction of sp³-hybridized carbons (Fsp3) is 0. The van der Waals surface area contributed by atoms with Crippen LogP contribution in [0.3, 0.4) is 0 Å². The summed E-state index contributed by atoms with van der Waals surface area (Å²) in [5.41, 5.74) is 1.30. The van der Waals surface area contributed by atoms with E-state index in [1.54, 1.807) is 30.5 Å². The van der Waals surface area contributed by atoms with Crippen molar-refractivity contribution < 1.29 is 0 Å². The first-order chi connectivity index (χ1) is 10.8. The van der Waals surface area contributed by atoms with Gasteiger partial charge >= 0.3 is 0 Å². The van der Waals surface area contributed by atoms with Crippen molar-refractivity contribution in [3.63, 3.8) is 0 Å². The number of rotatable bonds is 4. The number of hydrogen-bond donors (Lipinski definition) is 1. The normalized spacial score (nSPS) is 8.95. The van der Waals surface area contributed by atoms with Gasteiger partial charge in [-0.1, -0.05) is 11.8 Å². The molecule has 0 aliphatic heterocycles. The van der Waals surface area contributed by atoms with E-state index < -0.39 is 0 Å². The van der Waals surface area contributed by atoms with Crippen molar-refractivity contribution in [3.8, 4) is 18.2 Å². The predicted molar refractivity (Wildman–Crippen MR) is 82.4 cm³/mol. The average Bonchev–Trinajstić information content (AvgIpc) is 2.58. The summed E-state index contributed by atoms with van der Waals surface area (Å²) in [6, 6.07) is 16.5. The number of nitriles is 3. The van der Waals surface area contributed by atoms with Gasteiger partial charge in [-0.15, -0.1) is 0 Å². The molecule has 0 spiro atoms. The summed E-state index contributed by atoms with van der Waals surface area (Å²) in [6.45, 7) is 0. The minimum atomic E-state index is 0.00518. The van der Waals surface area contributed by atoms with Gasteiger partial charge in [0.05, 0.1) is 5.56 Å². The minimum Gasteiger partial charge on any atom is -0.360 e. The van der Waals surface area contributed by atoms with Crippen molar-refractivity contribution in [2.45, 2.75) is 9.92 Å². The standard InChI is InChI=1S/C16H9N5S/c17-8-12(9-18)11-21-14-3-5-15(6-4-14)22-16-13(10-19)2-1-7-20-16/h1-7,11,21H. The van der Waals surface area contributed by atoms with Crippen molar-refractivity contribution in [2.75, 3.05) is 5.32 Å². The molecular formula is C16H9N5S. The molecule has 1 aromatic heterocycles. The van der Waals surface area contributed by atoms with Gasteiger partial charge in [-0.25, -0.2) is 4.98 Å². The monoisotopic (exact) mass is 303 g/mol. The van der Waals surface area contributed by atoms with E-state index in [1.807, 2.05) is 24.3 Å². The third kappa shape index (κ3) is 3.86. The van der Waals surface area contributed by atoms with E-state index in [4.69, 9.17) is 15.8 Å². The number of anilines is 1. The van der Waals surface area contributed by atoms with Crippen LogP contribution in [0.15, 0.2) is 64.3 Å². The van der Waals surface area contributed by atoms with Crippen molar-refractivity contribution in [2.24, 2.45) is 0 Å². The summed E-state index contributed by atoms with van der Waals surface area (Å²) >= 11 is 1.40. The van der Waals surface area contributed by atoms with Gasteiger partial charge < -0.3 is 5.32 Å². The number of allylic oxidation sites excluding steroid dienone is 1. The number of hydrogen-bond acceptors (Lipinski definition) is 6. The molecule has 0 aliphatic rings. The van der Waals surface area contributed by atoms with Crippen LogP contribution >= 0.6 is 11.8 Å². The fourth-order valence-corrected chi connectivity index (χ4v) is 2.37. The molecule has 1 heterocycles. The van der Waals surface area contributed by atoms with E-state index in [0.717, 1.165) is 10.6 Å². The van der Waals surface area contributed by atoms with Gasteiger partial charge in [-0.2, -0.15) is 15.8 Å². The van der Waals surface area contributed by atoms with E-state index in [1.165, 1.54) is 18.0 Å². The summed E-state index contributed by atoms with van der Waals surface area (Å²) < 4.78 is 0. The van der Waals surface area contributed by atoms with Crippen molar-refractivity contribution >= 4 is 17.4 Å². The Bertz CT molecular complexity index is 803. The van der Waals surface area contributed by atoms with Crippen LogP contribution in [0.4, 0.5) is 5.69 Å². The van der Waals surface area contributed by atoms with Crippen LogP contribution < -0.4 is 5.32 Å². The molecule has 0 saturated carbocycles. The number of nitrogens with zero attached hydrogens (tertiary/aromatic N) is 4. The van der Waals surface area contributed by atoms with Crippen LogP contribution in [0.5, 0.6) is 0 Å². The first-order valence-corrected chi connectivity index (χ1v) is 6.98. The third-order valence-corrected chi connectivity index (χ3v) is 3.61. The van der Waals surface area contributed by atoms with Crippen molar-refractivity contribution in [3.05, 3.63) is 59.9 Å². The quantitative estimate of drug-likeness (QED) is 0.869. The van der Waals surface area contributed by atoms with Crippen LogP contribution in [0, 0.1) is 34.0 Å². The van der Waals surface area contributed by atoms with Gasteiger partial charge in [0.2, 0.25) is 0 Å². The Morgan fingerprint density at radius 3 is 2.45 bits per heavy atom. The number of pyridine rings is 1. The molecule has 1 N–H and O–H groups in total. The topological polar surface area (TPSA) is 96.3 Å². The summed E-state index contributed by atoms with van der Waals surface area (Å²) in [7, 11) is 0. The second-order valence-corrected chi connectivity index (χ2v) is 5.08. The number of aromatic nitrogens is 1. The van der Waals surface area contributed by atoms with E-state index in [2.05, 4.69) is 16.4 Å². The lowest BCUT2D eigenvalue weighted by Gasteiger charge is -2.04. The minimum absolute atomic E-state index is 0.00518. The van der Waals surface area contributed by atoms with Gasteiger partial charge in [0.15, 0.2) is 0 Å². The highest BCUT2D eigenvalue weighted by molar-refractivity contribution is 7.99. The van der Waals surface area contributed by atoms with E-state index in [9.17, 15) is 0 Å². The summed E-state index contributed by atoms with van der Waals surface area (Å²) in [5, 5.41) is 29.9. The summed E-state index contributed by atoms with van der Waals surface area (Å²) in [4.78, 5) is 5.13. The molecule has 0 bridgehead atoms. The SMILES string of the molecule is N#CC(C#N)=CNc1ccc(Sc2ncccc2C#N)cc1. The zero-order valence-electron chi connectivity index (χ0n) is 11.3. The second-order valence-electron chi connectivity index (χ2n) is 4.02. The molecule has 22 heavy (non-hydrogen) atoms.